The molecule has 1 rings (SSSR count). The van der Waals surface area contributed by atoms with Crippen LogP contribution in [0.1, 0.15) is 24.3 Å². The number of aliphatic hydroxyl groups is 1. The first-order valence-corrected chi connectivity index (χ1v) is 6.23. The Morgan fingerprint density at radius 3 is 2.61 bits per heavy atom. The largest absolute Gasteiger partial charge is 0.480 e. The van der Waals surface area contributed by atoms with Crippen LogP contribution in [0.25, 0.3) is 0 Å². The maximum atomic E-state index is 11.9. The molecule has 2 unspecified atom stereocenters. The van der Waals surface area contributed by atoms with Crippen LogP contribution in [0, 0.1) is 0 Å². The molecule has 3 N–H and O–H groups in total. The third kappa shape index (κ3) is 3.33. The number of nitrogens with zero attached hydrogens (tertiary/aromatic N) is 1. The van der Waals surface area contributed by atoms with E-state index in [1.54, 1.807) is 16.8 Å². The predicted molar refractivity (Wildman–Crippen MR) is 68.4 cm³/mol. The Kier molecular flexibility index (Phi) is 4.92. The first kappa shape index (κ1) is 14.7. The molecule has 0 saturated carbocycles. The van der Waals surface area contributed by atoms with Crippen LogP contribution >= 0.6 is 15.9 Å². The Labute approximate surface area is 113 Å². The molecule has 7 heteroatoms. The smallest absolute Gasteiger partial charge is 0.328 e. The fourth-order valence-electron chi connectivity index (χ4n) is 1.53. The Morgan fingerprint density at radius 1 is 1.56 bits per heavy atom. The van der Waals surface area contributed by atoms with Crippen molar-refractivity contribution in [2.45, 2.75) is 32.5 Å². The Hall–Kier alpha value is -1.34. The number of rotatable bonds is 5. The van der Waals surface area contributed by atoms with Gasteiger partial charge < -0.3 is 20.1 Å². The summed E-state index contributed by atoms with van der Waals surface area (Å²) in [6, 6.07) is 0.274. The molecule has 0 aliphatic rings. The minimum atomic E-state index is -1.32. The van der Waals surface area contributed by atoms with E-state index in [1.165, 1.54) is 6.92 Å². The maximum absolute atomic E-state index is 11.9. The highest BCUT2D eigenvalue weighted by Gasteiger charge is 2.26. The van der Waals surface area contributed by atoms with Crippen LogP contribution in [0.4, 0.5) is 0 Å². The van der Waals surface area contributed by atoms with Crippen molar-refractivity contribution >= 4 is 27.8 Å². The number of hydrogen-bond donors (Lipinski definition) is 3. The first-order valence-electron chi connectivity index (χ1n) is 5.44. The molecule has 1 aromatic rings. The maximum Gasteiger partial charge on any atom is 0.328 e. The SMILES string of the molecule is CCn1cc(Br)cc1C(=O)NC(C(=O)O)C(C)O. The second kappa shape index (κ2) is 6.01. The van der Waals surface area contributed by atoms with Gasteiger partial charge in [-0.2, -0.15) is 0 Å². The molecular formula is C11H15BrN2O4. The molecule has 2 atom stereocenters. The van der Waals surface area contributed by atoms with Gasteiger partial charge in [-0.1, -0.05) is 0 Å². The van der Waals surface area contributed by atoms with Crippen LogP contribution in [-0.4, -0.2) is 38.8 Å². The van der Waals surface area contributed by atoms with Crippen LogP contribution < -0.4 is 5.32 Å². The highest BCUT2D eigenvalue weighted by atomic mass is 79.9. The molecule has 18 heavy (non-hydrogen) atoms. The molecule has 0 bridgehead atoms. The van der Waals surface area contributed by atoms with Gasteiger partial charge in [-0.05, 0) is 35.8 Å². The quantitative estimate of drug-likeness (QED) is 0.750. The number of carboxylic acid groups (broad SMARTS) is 1. The highest BCUT2D eigenvalue weighted by molar-refractivity contribution is 9.10. The zero-order chi connectivity index (χ0) is 13.9. The van der Waals surface area contributed by atoms with Gasteiger partial charge >= 0.3 is 5.97 Å². The summed E-state index contributed by atoms with van der Waals surface area (Å²) in [5, 5.41) is 20.5. The van der Waals surface area contributed by atoms with E-state index in [0.717, 1.165) is 4.47 Å². The fraction of sp³-hybridized carbons (Fsp3) is 0.455. The van der Waals surface area contributed by atoms with E-state index in [9.17, 15) is 14.7 Å². The van der Waals surface area contributed by atoms with E-state index in [4.69, 9.17) is 5.11 Å². The second-order valence-electron chi connectivity index (χ2n) is 3.86. The van der Waals surface area contributed by atoms with Crippen molar-refractivity contribution in [2.75, 3.05) is 0 Å². The zero-order valence-corrected chi connectivity index (χ0v) is 11.6. The lowest BCUT2D eigenvalue weighted by atomic mass is 10.2. The van der Waals surface area contributed by atoms with Gasteiger partial charge in [0.15, 0.2) is 6.04 Å². The summed E-state index contributed by atoms with van der Waals surface area (Å²) >= 11 is 3.25. The van der Waals surface area contributed by atoms with Gasteiger partial charge in [-0.3, -0.25) is 4.79 Å². The van der Waals surface area contributed by atoms with E-state index in [2.05, 4.69) is 21.2 Å². The molecule has 0 aliphatic carbocycles. The monoisotopic (exact) mass is 318 g/mol. The average Bonchev–Trinajstić information content (AvgIpc) is 2.66. The summed E-state index contributed by atoms with van der Waals surface area (Å²) < 4.78 is 2.42. The number of carbonyl (C=O) groups excluding carboxylic acids is 1. The van der Waals surface area contributed by atoms with Gasteiger partial charge in [0.2, 0.25) is 0 Å². The normalized spacial score (nSPS) is 14.0. The number of aromatic nitrogens is 1. The number of carboxylic acids is 1. The van der Waals surface area contributed by atoms with E-state index >= 15 is 0 Å². The lowest BCUT2D eigenvalue weighted by molar-refractivity contribution is -0.141. The Bertz CT molecular complexity index is 456. The zero-order valence-electron chi connectivity index (χ0n) is 10.1. The van der Waals surface area contributed by atoms with Gasteiger partial charge in [0.1, 0.15) is 5.69 Å². The second-order valence-corrected chi connectivity index (χ2v) is 4.78. The summed E-state index contributed by atoms with van der Waals surface area (Å²) in [4.78, 5) is 22.8. The fourth-order valence-corrected chi connectivity index (χ4v) is 1.99. The molecular weight excluding hydrogens is 304 g/mol. The van der Waals surface area contributed by atoms with Crippen molar-refractivity contribution in [3.63, 3.8) is 0 Å². The van der Waals surface area contributed by atoms with E-state index < -0.39 is 24.0 Å². The Balaban J connectivity index is 2.90. The van der Waals surface area contributed by atoms with Gasteiger partial charge in [0, 0.05) is 17.2 Å². The molecule has 0 fully saturated rings. The van der Waals surface area contributed by atoms with Gasteiger partial charge in [-0.15, -0.1) is 0 Å². The third-order valence-corrected chi connectivity index (χ3v) is 2.91. The minimum absolute atomic E-state index is 0.344. The van der Waals surface area contributed by atoms with Crippen LogP contribution in [-0.2, 0) is 11.3 Å². The number of aliphatic hydroxyl groups excluding tert-OH is 1. The van der Waals surface area contributed by atoms with Crippen molar-refractivity contribution in [1.29, 1.82) is 0 Å². The minimum Gasteiger partial charge on any atom is -0.480 e. The molecule has 6 nitrogen and oxygen atoms in total. The molecule has 1 amide bonds. The average molecular weight is 319 g/mol. The van der Waals surface area contributed by atoms with E-state index in [1.807, 2.05) is 6.92 Å². The number of carbonyl (C=O) groups is 2. The van der Waals surface area contributed by atoms with Gasteiger partial charge in [0.05, 0.1) is 6.10 Å². The molecule has 100 valence electrons. The number of aliphatic carboxylic acids is 1. The summed E-state index contributed by atoms with van der Waals surface area (Å²) in [5.41, 5.74) is 0.344. The molecule has 0 aliphatic heterocycles. The predicted octanol–water partition coefficient (Wildman–Crippen LogP) is 0.834. The molecule has 0 radical (unpaired) electrons. The van der Waals surface area contributed by atoms with Crippen molar-refractivity contribution < 1.29 is 19.8 Å². The topological polar surface area (TPSA) is 91.6 Å². The third-order valence-electron chi connectivity index (χ3n) is 2.47. The summed E-state index contributed by atoms with van der Waals surface area (Å²) in [6.07, 6.45) is 0.562. The van der Waals surface area contributed by atoms with Crippen molar-refractivity contribution in [3.8, 4) is 0 Å². The van der Waals surface area contributed by atoms with Crippen molar-refractivity contribution in [2.24, 2.45) is 0 Å². The highest BCUT2D eigenvalue weighted by Crippen LogP contribution is 2.15. The van der Waals surface area contributed by atoms with Crippen LogP contribution in [0.3, 0.4) is 0 Å². The standard InChI is InChI=1S/C11H15BrN2O4/c1-3-14-5-7(12)4-8(14)10(16)13-9(6(2)15)11(17)18/h4-6,9,15H,3H2,1-2H3,(H,13,16)(H,17,18). The van der Waals surface area contributed by atoms with Crippen molar-refractivity contribution in [1.82, 2.24) is 9.88 Å². The molecule has 0 spiro atoms. The van der Waals surface area contributed by atoms with Gasteiger partial charge in [-0.25, -0.2) is 4.79 Å². The number of amides is 1. The van der Waals surface area contributed by atoms with E-state index in [-0.39, 0.29) is 0 Å². The number of hydrogen-bond acceptors (Lipinski definition) is 3. The van der Waals surface area contributed by atoms with E-state index in [0.29, 0.717) is 12.2 Å². The summed E-state index contributed by atoms with van der Waals surface area (Å²) in [7, 11) is 0. The number of halogens is 1. The van der Waals surface area contributed by atoms with Crippen molar-refractivity contribution in [3.05, 3.63) is 22.4 Å². The Morgan fingerprint density at radius 2 is 2.17 bits per heavy atom. The van der Waals surface area contributed by atoms with Crippen LogP contribution in [0.5, 0.6) is 0 Å². The lowest BCUT2D eigenvalue weighted by Crippen LogP contribution is -2.48. The summed E-state index contributed by atoms with van der Waals surface area (Å²) in [6.45, 7) is 3.77. The molecule has 0 saturated heterocycles. The first-order chi connectivity index (χ1) is 8.36. The lowest BCUT2D eigenvalue weighted by Gasteiger charge is -2.17. The van der Waals surface area contributed by atoms with Gasteiger partial charge in [0.25, 0.3) is 5.91 Å². The molecule has 0 aromatic carbocycles. The van der Waals surface area contributed by atoms with Crippen LogP contribution in [0.2, 0.25) is 0 Å². The number of nitrogens with one attached hydrogen (secondary N) is 1. The molecule has 1 heterocycles. The summed E-state index contributed by atoms with van der Waals surface area (Å²) in [5.74, 6) is -1.80. The molecule has 1 aromatic heterocycles. The van der Waals surface area contributed by atoms with Crippen LogP contribution in [0.15, 0.2) is 16.7 Å². The number of aryl methyl sites for hydroxylation is 1.